The Morgan fingerprint density at radius 1 is 1.03 bits per heavy atom. The second-order valence-corrected chi connectivity index (χ2v) is 9.27. The molecule has 0 bridgehead atoms. The molecule has 3 aromatic rings. The quantitative estimate of drug-likeness (QED) is 0.584. The van der Waals surface area contributed by atoms with Crippen molar-refractivity contribution in [2.45, 2.75) is 32.4 Å². The monoisotopic (exact) mass is 463 g/mol. The summed E-state index contributed by atoms with van der Waals surface area (Å²) in [6, 6.07) is 11.0. The molecule has 3 heterocycles. The molecule has 1 aromatic heterocycles. The van der Waals surface area contributed by atoms with Gasteiger partial charge in [0.15, 0.2) is 0 Å². The largest absolute Gasteiger partial charge is 0.368 e. The van der Waals surface area contributed by atoms with Crippen LogP contribution in [0.2, 0.25) is 0 Å². The van der Waals surface area contributed by atoms with Gasteiger partial charge in [0.1, 0.15) is 5.82 Å². The minimum absolute atomic E-state index is 0.100. The van der Waals surface area contributed by atoms with Crippen LogP contribution in [0, 0.1) is 5.82 Å². The van der Waals surface area contributed by atoms with Gasteiger partial charge in [0.25, 0.3) is 5.91 Å². The van der Waals surface area contributed by atoms with Crippen LogP contribution in [0.25, 0.3) is 5.69 Å². The average molecular weight is 464 g/mol. The lowest BCUT2D eigenvalue weighted by molar-refractivity contribution is 0.0980. The molecule has 1 saturated heterocycles. The van der Waals surface area contributed by atoms with Gasteiger partial charge in [-0.2, -0.15) is 0 Å². The van der Waals surface area contributed by atoms with Gasteiger partial charge in [-0.15, -0.1) is 0 Å². The van der Waals surface area contributed by atoms with Crippen LogP contribution >= 0.6 is 0 Å². The molecule has 7 nitrogen and oxygen atoms in total. The Balaban J connectivity index is 1.37. The lowest BCUT2D eigenvalue weighted by Gasteiger charge is -2.30. The standard InChI is InChI=1S/C26H30FN5O2/c1-4-29-13-14-32(26(29)34)19-5-7-22-18(15-19)9-12-31(25(22)33)20-6-8-24(23(27)16-20)30-11-10-21(17-30)28(2)3/h5-8,13-16,21H,4,9-12,17H2,1-3H3/t21-/m1/s1. The van der Waals surface area contributed by atoms with Crippen molar-refractivity contribution >= 4 is 17.3 Å². The second-order valence-electron chi connectivity index (χ2n) is 9.27. The number of amides is 1. The summed E-state index contributed by atoms with van der Waals surface area (Å²) in [5.41, 5.74) is 3.30. The zero-order valence-electron chi connectivity index (χ0n) is 19.9. The number of likely N-dealkylation sites (N-methyl/N-ethyl adjacent to an activating group) is 1. The van der Waals surface area contributed by atoms with Gasteiger partial charge >= 0.3 is 5.69 Å². The lowest BCUT2D eigenvalue weighted by Crippen LogP contribution is -2.38. The summed E-state index contributed by atoms with van der Waals surface area (Å²) in [6.07, 6.45) is 5.15. The molecule has 1 amide bonds. The third-order valence-electron chi connectivity index (χ3n) is 7.11. The Morgan fingerprint density at radius 2 is 1.82 bits per heavy atom. The van der Waals surface area contributed by atoms with Crippen molar-refractivity contribution in [3.05, 3.63) is 76.2 Å². The van der Waals surface area contributed by atoms with Crippen LogP contribution in [0.5, 0.6) is 0 Å². The van der Waals surface area contributed by atoms with Crippen LogP contribution in [-0.4, -0.2) is 59.7 Å². The van der Waals surface area contributed by atoms with Gasteiger partial charge in [0.2, 0.25) is 0 Å². The molecule has 0 unspecified atom stereocenters. The van der Waals surface area contributed by atoms with Crippen molar-refractivity contribution in [2.75, 3.05) is 43.5 Å². The van der Waals surface area contributed by atoms with Crippen molar-refractivity contribution in [1.82, 2.24) is 14.0 Å². The Morgan fingerprint density at radius 3 is 2.50 bits per heavy atom. The van der Waals surface area contributed by atoms with Crippen molar-refractivity contribution in [3.63, 3.8) is 0 Å². The van der Waals surface area contributed by atoms with Crippen LogP contribution in [-0.2, 0) is 13.0 Å². The molecule has 8 heteroatoms. The van der Waals surface area contributed by atoms with Gasteiger partial charge < -0.3 is 14.7 Å². The molecule has 0 radical (unpaired) electrons. The molecule has 0 spiro atoms. The van der Waals surface area contributed by atoms with Crippen LogP contribution in [0.1, 0.15) is 29.3 Å². The first kappa shape index (κ1) is 22.4. The number of nitrogens with zero attached hydrogens (tertiary/aromatic N) is 5. The lowest BCUT2D eigenvalue weighted by atomic mass is 9.97. The maximum atomic E-state index is 15.1. The number of halogens is 1. The van der Waals surface area contributed by atoms with Gasteiger partial charge in [-0.3, -0.25) is 13.9 Å². The normalized spacial score (nSPS) is 18.1. The zero-order chi connectivity index (χ0) is 24.0. The number of aromatic nitrogens is 2. The van der Waals surface area contributed by atoms with Crippen LogP contribution < -0.4 is 15.5 Å². The van der Waals surface area contributed by atoms with E-state index in [4.69, 9.17) is 0 Å². The summed E-state index contributed by atoms with van der Waals surface area (Å²) >= 11 is 0. The molecular formula is C26H30FN5O2. The number of hydrogen-bond donors (Lipinski definition) is 0. The minimum Gasteiger partial charge on any atom is -0.368 e. The fourth-order valence-corrected chi connectivity index (χ4v) is 5.02. The molecule has 5 rings (SSSR count). The fraction of sp³-hybridized carbons (Fsp3) is 0.385. The van der Waals surface area contributed by atoms with Crippen LogP contribution in [0.3, 0.4) is 0 Å². The van der Waals surface area contributed by atoms with Gasteiger partial charge in [-0.1, -0.05) is 0 Å². The summed E-state index contributed by atoms with van der Waals surface area (Å²) in [5, 5.41) is 0. The van der Waals surface area contributed by atoms with Crippen LogP contribution in [0.4, 0.5) is 15.8 Å². The predicted molar refractivity (Wildman–Crippen MR) is 132 cm³/mol. The zero-order valence-corrected chi connectivity index (χ0v) is 19.9. The molecule has 178 valence electrons. The number of carbonyl (C=O) groups excluding carboxylic acids is 1. The van der Waals surface area contributed by atoms with Crippen molar-refractivity contribution in [3.8, 4) is 5.69 Å². The van der Waals surface area contributed by atoms with E-state index in [1.54, 1.807) is 44.6 Å². The van der Waals surface area contributed by atoms with Gasteiger partial charge in [-0.25, -0.2) is 9.18 Å². The van der Waals surface area contributed by atoms with E-state index in [2.05, 4.69) is 23.9 Å². The van der Waals surface area contributed by atoms with Gasteiger partial charge in [-0.05, 0) is 75.8 Å². The highest BCUT2D eigenvalue weighted by Crippen LogP contribution is 2.31. The highest BCUT2D eigenvalue weighted by atomic mass is 19.1. The SMILES string of the molecule is CCn1ccn(-c2ccc3c(c2)CCN(c2ccc(N4CC[C@@H](N(C)C)C4)c(F)c2)C3=O)c1=O. The molecule has 0 aliphatic carbocycles. The van der Waals surface area contributed by atoms with E-state index >= 15 is 4.39 Å². The van der Waals surface area contributed by atoms with E-state index in [-0.39, 0.29) is 17.4 Å². The maximum absolute atomic E-state index is 15.1. The average Bonchev–Trinajstić information content (AvgIpc) is 3.46. The molecule has 1 atom stereocenters. The highest BCUT2D eigenvalue weighted by Gasteiger charge is 2.29. The molecule has 0 saturated carbocycles. The first-order valence-electron chi connectivity index (χ1n) is 11.8. The Labute approximate surface area is 198 Å². The number of benzene rings is 2. The number of fused-ring (bicyclic) bond motifs is 1. The summed E-state index contributed by atoms with van der Waals surface area (Å²) in [5.74, 6) is -0.446. The summed E-state index contributed by atoms with van der Waals surface area (Å²) in [7, 11) is 4.10. The Kier molecular flexibility index (Phi) is 5.77. The third-order valence-corrected chi connectivity index (χ3v) is 7.11. The van der Waals surface area contributed by atoms with E-state index in [0.717, 1.165) is 30.8 Å². The number of imidazole rings is 1. The Hall–Kier alpha value is -3.39. The van der Waals surface area contributed by atoms with Crippen molar-refractivity contribution in [1.29, 1.82) is 0 Å². The molecule has 2 aromatic carbocycles. The molecule has 2 aliphatic heterocycles. The first-order chi connectivity index (χ1) is 16.4. The minimum atomic E-state index is -0.300. The van der Waals surface area contributed by atoms with E-state index in [1.165, 1.54) is 6.07 Å². The summed E-state index contributed by atoms with van der Waals surface area (Å²) in [6.45, 7) is 4.61. The third kappa shape index (κ3) is 3.81. The molecule has 1 fully saturated rings. The van der Waals surface area contributed by atoms with E-state index in [1.807, 2.05) is 19.1 Å². The maximum Gasteiger partial charge on any atom is 0.332 e. The topological polar surface area (TPSA) is 53.7 Å². The van der Waals surface area contributed by atoms with Crippen molar-refractivity contribution in [2.24, 2.45) is 0 Å². The predicted octanol–water partition coefficient (Wildman–Crippen LogP) is 3.14. The van der Waals surface area contributed by atoms with E-state index < -0.39 is 0 Å². The highest BCUT2D eigenvalue weighted by molar-refractivity contribution is 6.08. The summed E-state index contributed by atoms with van der Waals surface area (Å²) in [4.78, 5) is 31.6. The van der Waals surface area contributed by atoms with Crippen molar-refractivity contribution < 1.29 is 9.18 Å². The molecule has 34 heavy (non-hydrogen) atoms. The number of aryl methyl sites for hydroxylation is 1. The van der Waals surface area contributed by atoms with Gasteiger partial charge in [0, 0.05) is 55.9 Å². The smallest absolute Gasteiger partial charge is 0.332 e. The number of rotatable bonds is 5. The second kappa shape index (κ2) is 8.76. The fourth-order valence-electron chi connectivity index (χ4n) is 5.02. The summed E-state index contributed by atoms with van der Waals surface area (Å²) < 4.78 is 18.3. The number of hydrogen-bond acceptors (Lipinski definition) is 4. The van der Waals surface area contributed by atoms with Crippen LogP contribution in [0.15, 0.2) is 53.6 Å². The molecule has 0 N–H and O–H groups in total. The van der Waals surface area contributed by atoms with Gasteiger partial charge in [0.05, 0.1) is 11.4 Å². The first-order valence-corrected chi connectivity index (χ1v) is 11.8. The Bertz CT molecular complexity index is 1290. The number of anilines is 2. The van der Waals surface area contributed by atoms with E-state index in [0.29, 0.717) is 42.5 Å². The molecular weight excluding hydrogens is 433 g/mol. The number of carbonyl (C=O) groups is 1. The molecule has 2 aliphatic rings. The van der Waals surface area contributed by atoms with E-state index in [9.17, 15) is 9.59 Å².